The number of nitrogens with two attached hydrogens (primary N) is 1. The van der Waals surface area contributed by atoms with E-state index in [1.807, 2.05) is 24.3 Å². The minimum Gasteiger partial charge on any atom is -0.382 e. The van der Waals surface area contributed by atoms with Gasteiger partial charge in [-0.25, -0.2) is 8.42 Å². The first kappa shape index (κ1) is 11.9. The van der Waals surface area contributed by atoms with Gasteiger partial charge >= 0.3 is 0 Å². The van der Waals surface area contributed by atoms with E-state index in [4.69, 9.17) is 5.73 Å². The second-order valence-electron chi connectivity index (χ2n) is 3.86. The summed E-state index contributed by atoms with van der Waals surface area (Å²) in [5.41, 5.74) is 6.64. The number of aryl methyl sites for hydroxylation is 1. The Balaban J connectivity index is 2.31. The quantitative estimate of drug-likeness (QED) is 0.883. The van der Waals surface area contributed by atoms with Crippen molar-refractivity contribution in [1.29, 1.82) is 0 Å². The molecule has 1 aromatic carbocycles. The summed E-state index contributed by atoms with van der Waals surface area (Å²) in [7, 11) is -2.98. The molecule has 0 aliphatic rings. The van der Waals surface area contributed by atoms with Crippen LogP contribution in [-0.2, 0) is 16.4 Å². The van der Waals surface area contributed by atoms with Gasteiger partial charge in [-0.15, -0.1) is 0 Å². The normalized spacial score (nSPS) is 12.1. The molecule has 1 aromatic heterocycles. The molecule has 2 aromatic rings. The van der Waals surface area contributed by atoms with Gasteiger partial charge in [0.2, 0.25) is 0 Å². The first-order chi connectivity index (χ1) is 8.03. The van der Waals surface area contributed by atoms with E-state index in [2.05, 4.69) is 5.10 Å². The van der Waals surface area contributed by atoms with Crippen LogP contribution in [0.2, 0.25) is 0 Å². The lowest BCUT2D eigenvalue weighted by Gasteiger charge is -2.03. The molecule has 0 unspecified atom stereocenters. The van der Waals surface area contributed by atoms with E-state index in [-0.39, 0.29) is 11.5 Å². The van der Waals surface area contributed by atoms with Gasteiger partial charge in [0, 0.05) is 11.1 Å². The number of hydrogen-bond acceptors (Lipinski definition) is 4. The van der Waals surface area contributed by atoms with Crippen molar-refractivity contribution in [3.63, 3.8) is 0 Å². The number of benzene rings is 1. The summed E-state index contributed by atoms with van der Waals surface area (Å²) >= 11 is 0. The third-order valence-electron chi connectivity index (χ3n) is 2.74. The maximum absolute atomic E-state index is 11.4. The first-order valence-corrected chi connectivity index (χ1v) is 7.27. The van der Waals surface area contributed by atoms with E-state index in [1.165, 1.54) is 0 Å². The van der Waals surface area contributed by atoms with Crippen LogP contribution in [0.25, 0.3) is 10.9 Å². The summed E-state index contributed by atoms with van der Waals surface area (Å²) in [6, 6.07) is 7.53. The predicted molar refractivity (Wildman–Crippen MR) is 68.5 cm³/mol. The van der Waals surface area contributed by atoms with E-state index < -0.39 is 9.84 Å². The van der Waals surface area contributed by atoms with Crippen LogP contribution >= 0.6 is 0 Å². The lowest BCUT2D eigenvalue weighted by atomic mass is 10.2. The molecule has 17 heavy (non-hydrogen) atoms. The highest BCUT2D eigenvalue weighted by molar-refractivity contribution is 7.91. The Bertz CT molecular complexity index is 631. The lowest BCUT2D eigenvalue weighted by molar-refractivity contribution is 0.585. The Kier molecular flexibility index (Phi) is 3.06. The number of nitrogen functional groups attached to an aromatic ring is 1. The SMILES string of the molecule is CCS(=O)(=O)CCn1nc(N)c2ccccc21. The largest absolute Gasteiger partial charge is 0.382 e. The minimum absolute atomic E-state index is 0.0919. The number of hydrogen-bond donors (Lipinski definition) is 1. The number of sulfone groups is 1. The summed E-state index contributed by atoms with van der Waals surface area (Å²) in [5, 5.41) is 5.02. The van der Waals surface area contributed by atoms with Crippen molar-refractivity contribution >= 4 is 26.6 Å². The van der Waals surface area contributed by atoms with Crippen molar-refractivity contribution in [3.05, 3.63) is 24.3 Å². The predicted octanol–water partition coefficient (Wildman–Crippen LogP) is 1.05. The van der Waals surface area contributed by atoms with Gasteiger partial charge in [0.25, 0.3) is 0 Å². The van der Waals surface area contributed by atoms with E-state index in [0.29, 0.717) is 12.4 Å². The van der Waals surface area contributed by atoms with Crippen LogP contribution in [0.1, 0.15) is 6.92 Å². The molecule has 0 fully saturated rings. The van der Waals surface area contributed by atoms with Crippen LogP contribution in [0.15, 0.2) is 24.3 Å². The van der Waals surface area contributed by atoms with E-state index >= 15 is 0 Å². The Morgan fingerprint density at radius 3 is 2.76 bits per heavy atom. The smallest absolute Gasteiger partial charge is 0.153 e. The Hall–Kier alpha value is -1.56. The van der Waals surface area contributed by atoms with Crippen molar-refractivity contribution in [3.8, 4) is 0 Å². The second-order valence-corrected chi connectivity index (χ2v) is 6.33. The molecule has 0 atom stereocenters. The molecule has 0 aliphatic carbocycles. The molecule has 92 valence electrons. The number of rotatable bonds is 4. The topological polar surface area (TPSA) is 78.0 Å². The second kappa shape index (κ2) is 4.37. The zero-order chi connectivity index (χ0) is 12.5. The Morgan fingerprint density at radius 1 is 1.35 bits per heavy atom. The van der Waals surface area contributed by atoms with Crippen LogP contribution in [0, 0.1) is 0 Å². The number of aromatic nitrogens is 2. The van der Waals surface area contributed by atoms with Crippen LogP contribution in [0.5, 0.6) is 0 Å². The van der Waals surface area contributed by atoms with Gasteiger partial charge in [0.1, 0.15) is 0 Å². The summed E-state index contributed by atoms with van der Waals surface area (Å²) < 4.78 is 24.5. The molecule has 0 aliphatic heterocycles. The summed E-state index contributed by atoms with van der Waals surface area (Å²) in [6.45, 7) is 1.98. The monoisotopic (exact) mass is 253 g/mol. The molecule has 0 radical (unpaired) electrons. The number of anilines is 1. The van der Waals surface area contributed by atoms with E-state index in [1.54, 1.807) is 11.6 Å². The fourth-order valence-electron chi connectivity index (χ4n) is 1.69. The van der Waals surface area contributed by atoms with Crippen LogP contribution < -0.4 is 5.73 Å². The average Bonchev–Trinajstić information content (AvgIpc) is 2.65. The molecule has 0 amide bonds. The molecule has 2 N–H and O–H groups in total. The van der Waals surface area contributed by atoms with Crippen LogP contribution in [0.3, 0.4) is 0 Å². The average molecular weight is 253 g/mol. The van der Waals surface area contributed by atoms with Crippen LogP contribution in [-0.4, -0.2) is 29.7 Å². The van der Waals surface area contributed by atoms with Gasteiger partial charge in [0.15, 0.2) is 15.7 Å². The fraction of sp³-hybridized carbons (Fsp3) is 0.364. The highest BCUT2D eigenvalue weighted by Crippen LogP contribution is 2.19. The number of nitrogens with zero attached hydrogens (tertiary/aromatic N) is 2. The van der Waals surface area contributed by atoms with Gasteiger partial charge in [0.05, 0.1) is 17.8 Å². The molecule has 6 heteroatoms. The Labute approximate surface area is 100 Å². The van der Waals surface area contributed by atoms with Crippen molar-refractivity contribution in [1.82, 2.24) is 9.78 Å². The summed E-state index contributed by atoms with van der Waals surface area (Å²) in [5.74, 6) is 0.686. The van der Waals surface area contributed by atoms with Crippen molar-refractivity contribution < 1.29 is 8.42 Å². The summed E-state index contributed by atoms with van der Waals surface area (Å²) in [4.78, 5) is 0. The molecular formula is C11H15N3O2S. The molecule has 0 saturated carbocycles. The molecule has 0 spiro atoms. The van der Waals surface area contributed by atoms with E-state index in [9.17, 15) is 8.42 Å². The van der Waals surface area contributed by atoms with Gasteiger partial charge in [-0.05, 0) is 12.1 Å². The van der Waals surface area contributed by atoms with Gasteiger partial charge in [-0.3, -0.25) is 4.68 Å². The maximum atomic E-state index is 11.4. The lowest BCUT2D eigenvalue weighted by Crippen LogP contribution is -2.15. The van der Waals surface area contributed by atoms with E-state index in [0.717, 1.165) is 10.9 Å². The maximum Gasteiger partial charge on any atom is 0.153 e. The zero-order valence-electron chi connectivity index (χ0n) is 9.63. The van der Waals surface area contributed by atoms with Gasteiger partial charge < -0.3 is 5.73 Å². The third-order valence-corrected chi connectivity index (χ3v) is 4.42. The van der Waals surface area contributed by atoms with Crippen LogP contribution in [0.4, 0.5) is 5.82 Å². The zero-order valence-corrected chi connectivity index (χ0v) is 10.4. The van der Waals surface area contributed by atoms with Gasteiger partial charge in [-0.1, -0.05) is 19.1 Å². The van der Waals surface area contributed by atoms with Crippen molar-refractivity contribution in [2.45, 2.75) is 13.5 Å². The standard InChI is InChI=1S/C11H15N3O2S/c1-2-17(15,16)8-7-14-10-6-4-3-5-9(10)11(12)13-14/h3-6H,2,7-8H2,1H3,(H2,12,13). The molecule has 1 heterocycles. The molecular weight excluding hydrogens is 238 g/mol. The molecule has 5 nitrogen and oxygen atoms in total. The van der Waals surface area contributed by atoms with Gasteiger partial charge in [-0.2, -0.15) is 5.10 Å². The third kappa shape index (κ3) is 2.41. The summed E-state index contributed by atoms with van der Waals surface area (Å²) in [6.07, 6.45) is 0. The van der Waals surface area contributed by atoms with Crippen molar-refractivity contribution in [2.75, 3.05) is 17.2 Å². The minimum atomic E-state index is -2.98. The molecule has 0 saturated heterocycles. The van der Waals surface area contributed by atoms with Crippen molar-refractivity contribution in [2.24, 2.45) is 0 Å². The fourth-order valence-corrected chi connectivity index (χ4v) is 2.43. The number of para-hydroxylation sites is 1. The number of fused-ring (bicyclic) bond motifs is 1. The highest BCUT2D eigenvalue weighted by atomic mass is 32.2. The molecule has 2 rings (SSSR count). The first-order valence-electron chi connectivity index (χ1n) is 5.45. The highest BCUT2D eigenvalue weighted by Gasteiger charge is 2.11. The Morgan fingerprint density at radius 2 is 2.06 bits per heavy atom. The molecule has 0 bridgehead atoms.